The molecule has 0 radical (unpaired) electrons. The second kappa shape index (κ2) is 56.9. The summed E-state index contributed by atoms with van der Waals surface area (Å²) in [4.78, 5) is 38.1. The van der Waals surface area contributed by atoms with Gasteiger partial charge in [0.25, 0.3) is 0 Å². The van der Waals surface area contributed by atoms with E-state index in [0.717, 1.165) is 89.9 Å². The van der Waals surface area contributed by atoms with Crippen molar-refractivity contribution < 1.29 is 28.6 Å². The number of carbonyl (C=O) groups is 3. The zero-order valence-electron chi connectivity index (χ0n) is 45.0. The molecule has 1 atom stereocenters. The maximum absolute atomic E-state index is 12.8. The minimum atomic E-state index is -0.819. The molecule has 1 unspecified atom stereocenters. The van der Waals surface area contributed by atoms with Gasteiger partial charge in [-0.3, -0.25) is 14.4 Å². The van der Waals surface area contributed by atoms with Crippen LogP contribution >= 0.6 is 0 Å². The van der Waals surface area contributed by atoms with Crippen LogP contribution in [0.3, 0.4) is 0 Å². The summed E-state index contributed by atoms with van der Waals surface area (Å²) >= 11 is 0. The fourth-order valence-electron chi connectivity index (χ4n) is 7.86. The van der Waals surface area contributed by atoms with E-state index in [4.69, 9.17) is 14.2 Å². The number of carbonyl (C=O) groups excluding carboxylic acids is 3. The third-order valence-electron chi connectivity index (χ3n) is 12.1. The number of esters is 3. The van der Waals surface area contributed by atoms with Gasteiger partial charge >= 0.3 is 17.9 Å². The Hall–Kier alpha value is -3.67. The first-order valence-electron chi connectivity index (χ1n) is 28.7. The average Bonchev–Trinajstić information content (AvgIpc) is 3.35. The average molecular weight is 960 g/mol. The van der Waals surface area contributed by atoms with Gasteiger partial charge in [-0.15, -0.1) is 0 Å². The maximum atomic E-state index is 12.8. The van der Waals surface area contributed by atoms with Crippen molar-refractivity contribution >= 4 is 17.9 Å². The summed E-state index contributed by atoms with van der Waals surface area (Å²) in [7, 11) is 0. The Morgan fingerprint density at radius 2 is 0.594 bits per heavy atom. The number of hydrogen-bond donors (Lipinski definition) is 0. The van der Waals surface area contributed by atoms with E-state index in [1.807, 2.05) is 6.08 Å². The molecule has 6 nitrogen and oxygen atoms in total. The van der Waals surface area contributed by atoms with Gasteiger partial charge in [0.2, 0.25) is 0 Å². The Morgan fingerprint density at radius 3 is 0.942 bits per heavy atom. The van der Waals surface area contributed by atoms with Crippen LogP contribution < -0.4 is 0 Å². The first-order valence-corrected chi connectivity index (χ1v) is 28.7. The van der Waals surface area contributed by atoms with Crippen LogP contribution in [-0.4, -0.2) is 37.2 Å². The van der Waals surface area contributed by atoms with Gasteiger partial charge in [0.1, 0.15) is 13.2 Å². The second-order valence-corrected chi connectivity index (χ2v) is 18.8. The summed E-state index contributed by atoms with van der Waals surface area (Å²) in [5.74, 6) is -0.991. The number of unbranched alkanes of at least 4 members (excludes halogenated alkanes) is 24. The van der Waals surface area contributed by atoms with Gasteiger partial charge in [-0.2, -0.15) is 0 Å². The summed E-state index contributed by atoms with van der Waals surface area (Å²) < 4.78 is 16.8. The fourth-order valence-corrected chi connectivity index (χ4v) is 7.86. The minimum absolute atomic E-state index is 0.107. The van der Waals surface area contributed by atoms with E-state index in [9.17, 15) is 14.4 Å². The molecular weight excluding hydrogens is 853 g/mol. The van der Waals surface area contributed by atoms with Crippen molar-refractivity contribution in [1.29, 1.82) is 0 Å². The molecule has 394 valence electrons. The molecule has 6 heteroatoms. The van der Waals surface area contributed by atoms with Gasteiger partial charge in [0.05, 0.1) is 0 Å². The van der Waals surface area contributed by atoms with E-state index in [-0.39, 0.29) is 31.6 Å². The SMILES string of the molecule is CC/C=C\C/C=C\C/C=C\C/C=C\C/C=C\CCC(=O)OC(COC(=O)CCCCCCCCCCC/C=C\C/C=C\C/C=C\CC)COC(=O)CCCCCCCCCCCCCCCCCC. The largest absolute Gasteiger partial charge is 0.462 e. The molecule has 0 saturated heterocycles. The predicted molar refractivity (Wildman–Crippen MR) is 297 cm³/mol. The lowest BCUT2D eigenvalue weighted by Crippen LogP contribution is -2.30. The normalized spacial score (nSPS) is 12.8. The molecule has 0 rings (SSSR count). The molecular formula is C63H106O6. The number of allylic oxidation sites excluding steroid dienone is 16. The van der Waals surface area contributed by atoms with Crippen molar-refractivity contribution in [3.63, 3.8) is 0 Å². The van der Waals surface area contributed by atoms with Gasteiger partial charge in [0.15, 0.2) is 6.10 Å². The Bertz CT molecular complexity index is 1380. The molecule has 0 aliphatic carbocycles. The topological polar surface area (TPSA) is 78.9 Å². The standard InChI is InChI=1S/C63H106O6/c1-4-7-10-13-16-19-22-25-28-31-32-33-36-38-41-44-47-50-53-56-62(65)68-59-60(69-63(66)57-54-51-48-45-42-39-35-30-27-24-21-18-15-12-9-6-3)58-67-61(64)55-52-49-46-43-40-37-34-29-26-23-20-17-14-11-8-5-2/h7,9-10,12,16,18-19,21,25,27-28,30,39,42,48,51,60H,4-6,8,11,13-15,17,20,22-24,26,29,31-38,40-41,43-47,49-50,52-59H2,1-3H3/b10-7-,12-9-,19-16-,21-18-,28-25-,30-27-,42-39-,51-48-. The van der Waals surface area contributed by atoms with Gasteiger partial charge in [-0.1, -0.05) is 259 Å². The zero-order valence-corrected chi connectivity index (χ0v) is 45.0. The molecule has 0 spiro atoms. The molecule has 0 heterocycles. The first kappa shape index (κ1) is 65.3. The van der Waals surface area contributed by atoms with Gasteiger partial charge in [0, 0.05) is 19.3 Å². The quantitative estimate of drug-likeness (QED) is 0.0262. The van der Waals surface area contributed by atoms with Crippen molar-refractivity contribution in [3.8, 4) is 0 Å². The van der Waals surface area contributed by atoms with E-state index in [1.165, 1.54) is 128 Å². The van der Waals surface area contributed by atoms with E-state index in [1.54, 1.807) is 0 Å². The van der Waals surface area contributed by atoms with Crippen LogP contribution in [0.15, 0.2) is 97.2 Å². The lowest BCUT2D eigenvalue weighted by atomic mass is 10.0. The Labute approximate surface area is 426 Å². The van der Waals surface area contributed by atoms with Gasteiger partial charge in [-0.05, 0) is 83.5 Å². The first-order chi connectivity index (χ1) is 34.0. The third-order valence-corrected chi connectivity index (χ3v) is 12.1. The second-order valence-electron chi connectivity index (χ2n) is 18.8. The van der Waals surface area contributed by atoms with Crippen molar-refractivity contribution in [2.45, 2.75) is 271 Å². The van der Waals surface area contributed by atoms with Crippen molar-refractivity contribution in [3.05, 3.63) is 97.2 Å². The molecule has 0 aliphatic rings. The molecule has 0 aromatic heterocycles. The molecule has 0 bridgehead atoms. The van der Waals surface area contributed by atoms with Crippen LogP contribution in [-0.2, 0) is 28.6 Å². The Morgan fingerprint density at radius 1 is 0.304 bits per heavy atom. The maximum Gasteiger partial charge on any atom is 0.306 e. The fraction of sp³-hybridized carbons (Fsp3) is 0.698. The highest BCUT2D eigenvalue weighted by Gasteiger charge is 2.19. The summed E-state index contributed by atoms with van der Waals surface area (Å²) in [6.07, 6.45) is 75.5. The van der Waals surface area contributed by atoms with Crippen molar-refractivity contribution in [1.82, 2.24) is 0 Å². The van der Waals surface area contributed by atoms with Crippen molar-refractivity contribution in [2.75, 3.05) is 13.2 Å². The third kappa shape index (κ3) is 55.1. The molecule has 0 fully saturated rings. The van der Waals surface area contributed by atoms with E-state index in [0.29, 0.717) is 19.3 Å². The number of hydrogen-bond acceptors (Lipinski definition) is 6. The molecule has 0 saturated carbocycles. The van der Waals surface area contributed by atoms with Crippen LogP contribution in [0.4, 0.5) is 0 Å². The Balaban J connectivity index is 4.46. The summed E-state index contributed by atoms with van der Waals surface area (Å²) in [5.41, 5.74) is 0. The molecule has 69 heavy (non-hydrogen) atoms. The molecule has 0 N–H and O–H groups in total. The van der Waals surface area contributed by atoms with Crippen LogP contribution in [0.2, 0.25) is 0 Å². The molecule has 0 aromatic rings. The lowest BCUT2D eigenvalue weighted by Gasteiger charge is -2.18. The van der Waals surface area contributed by atoms with Crippen molar-refractivity contribution in [2.24, 2.45) is 0 Å². The van der Waals surface area contributed by atoms with E-state index < -0.39 is 12.1 Å². The summed E-state index contributed by atoms with van der Waals surface area (Å²) in [6, 6.07) is 0. The van der Waals surface area contributed by atoms with E-state index in [2.05, 4.69) is 112 Å². The van der Waals surface area contributed by atoms with E-state index >= 15 is 0 Å². The highest BCUT2D eigenvalue weighted by molar-refractivity contribution is 5.71. The van der Waals surface area contributed by atoms with Crippen LogP contribution in [0, 0.1) is 0 Å². The highest BCUT2D eigenvalue weighted by Crippen LogP contribution is 2.16. The van der Waals surface area contributed by atoms with Crippen LogP contribution in [0.25, 0.3) is 0 Å². The van der Waals surface area contributed by atoms with Crippen LogP contribution in [0.1, 0.15) is 265 Å². The summed E-state index contributed by atoms with van der Waals surface area (Å²) in [5, 5.41) is 0. The van der Waals surface area contributed by atoms with Gasteiger partial charge < -0.3 is 14.2 Å². The smallest absolute Gasteiger partial charge is 0.306 e. The minimum Gasteiger partial charge on any atom is -0.462 e. The molecule has 0 aliphatic heterocycles. The number of rotatable bonds is 51. The summed E-state index contributed by atoms with van der Waals surface area (Å²) in [6.45, 7) is 6.37. The van der Waals surface area contributed by atoms with Crippen LogP contribution in [0.5, 0.6) is 0 Å². The monoisotopic (exact) mass is 959 g/mol. The van der Waals surface area contributed by atoms with Gasteiger partial charge in [-0.25, -0.2) is 0 Å². The number of ether oxygens (including phenoxy) is 3. The molecule has 0 amide bonds. The lowest BCUT2D eigenvalue weighted by molar-refractivity contribution is -0.166. The predicted octanol–water partition coefficient (Wildman–Crippen LogP) is 19.3. The Kier molecular flexibility index (Phi) is 53.9. The zero-order chi connectivity index (χ0) is 50.0. The highest BCUT2D eigenvalue weighted by atomic mass is 16.6. The molecule has 0 aromatic carbocycles.